The van der Waals surface area contributed by atoms with E-state index in [0.717, 1.165) is 12.1 Å². The number of hydrogen-bond donors (Lipinski definition) is 1. The van der Waals surface area contributed by atoms with Crippen LogP contribution in [0.4, 0.5) is 18.9 Å². The second-order valence-electron chi connectivity index (χ2n) is 6.16. The Labute approximate surface area is 171 Å². The Morgan fingerprint density at radius 2 is 1.76 bits per heavy atom. The molecule has 1 unspecified atom stereocenters. The third-order valence-corrected chi connectivity index (χ3v) is 4.26. The lowest BCUT2D eigenvalue weighted by Gasteiger charge is -2.24. The molecule has 0 spiro atoms. The second-order valence-corrected chi connectivity index (χ2v) is 6.59. The number of amides is 2. The zero-order valence-electron chi connectivity index (χ0n) is 15.8. The topological polar surface area (TPSA) is 58.6 Å². The Morgan fingerprint density at radius 3 is 2.34 bits per heavy atom. The summed E-state index contributed by atoms with van der Waals surface area (Å²) in [7, 11) is 0. The van der Waals surface area contributed by atoms with Crippen molar-refractivity contribution in [3.8, 4) is 5.75 Å². The van der Waals surface area contributed by atoms with Crippen LogP contribution in [0.3, 0.4) is 0 Å². The Kier molecular flexibility index (Phi) is 7.50. The van der Waals surface area contributed by atoms with Gasteiger partial charge in [-0.2, -0.15) is 13.2 Å². The van der Waals surface area contributed by atoms with Gasteiger partial charge in [0.25, 0.3) is 5.91 Å². The molecule has 0 radical (unpaired) electrons. The van der Waals surface area contributed by atoms with Crippen molar-refractivity contribution in [2.45, 2.75) is 26.1 Å². The molecule has 0 aliphatic rings. The number of carbonyl (C=O) groups is 2. The van der Waals surface area contributed by atoms with Crippen molar-refractivity contribution < 1.29 is 27.5 Å². The van der Waals surface area contributed by atoms with Crippen molar-refractivity contribution in [2.24, 2.45) is 0 Å². The summed E-state index contributed by atoms with van der Waals surface area (Å²) >= 11 is 5.80. The number of rotatable bonds is 7. The highest BCUT2D eigenvalue weighted by Crippen LogP contribution is 2.34. The number of anilines is 1. The number of halogens is 4. The fourth-order valence-electron chi connectivity index (χ4n) is 2.57. The first kappa shape index (κ1) is 22.5. The van der Waals surface area contributed by atoms with Crippen molar-refractivity contribution >= 4 is 29.1 Å². The highest BCUT2D eigenvalue weighted by molar-refractivity contribution is 6.30. The predicted octanol–water partition coefficient (Wildman–Crippen LogP) is 4.61. The van der Waals surface area contributed by atoms with Crippen molar-refractivity contribution in [1.29, 1.82) is 0 Å². The van der Waals surface area contributed by atoms with Gasteiger partial charge in [0.2, 0.25) is 5.91 Å². The number of carbonyl (C=O) groups excluding carboxylic acids is 2. The molecule has 0 heterocycles. The van der Waals surface area contributed by atoms with Crippen LogP contribution in [0.15, 0.2) is 48.5 Å². The number of benzene rings is 2. The van der Waals surface area contributed by atoms with Crippen LogP contribution in [0.1, 0.15) is 19.4 Å². The molecule has 0 saturated carbocycles. The van der Waals surface area contributed by atoms with Crippen LogP contribution in [-0.4, -0.2) is 35.9 Å². The molecule has 5 nitrogen and oxygen atoms in total. The maximum atomic E-state index is 13.1. The van der Waals surface area contributed by atoms with E-state index in [0.29, 0.717) is 10.8 Å². The summed E-state index contributed by atoms with van der Waals surface area (Å²) in [5.41, 5.74) is -1.32. The molecule has 2 aromatic rings. The minimum absolute atomic E-state index is 0.182. The highest BCUT2D eigenvalue weighted by atomic mass is 35.5. The maximum Gasteiger partial charge on any atom is 0.418 e. The number of nitrogens with zero attached hydrogens (tertiary/aromatic N) is 1. The Bertz CT molecular complexity index is 857. The van der Waals surface area contributed by atoms with Gasteiger partial charge in [0.15, 0.2) is 6.10 Å². The fraction of sp³-hybridized carbons (Fsp3) is 0.300. The molecule has 0 aliphatic heterocycles. The lowest BCUT2D eigenvalue weighted by molar-refractivity contribution is -0.140. The molecule has 29 heavy (non-hydrogen) atoms. The van der Waals surface area contributed by atoms with E-state index in [1.165, 1.54) is 24.0 Å². The van der Waals surface area contributed by atoms with E-state index in [1.54, 1.807) is 31.2 Å². The molecule has 0 aromatic heterocycles. The molecule has 2 aromatic carbocycles. The van der Waals surface area contributed by atoms with E-state index in [4.69, 9.17) is 16.3 Å². The summed E-state index contributed by atoms with van der Waals surface area (Å²) < 4.78 is 44.7. The van der Waals surface area contributed by atoms with Crippen molar-refractivity contribution in [3.05, 3.63) is 59.1 Å². The molecule has 9 heteroatoms. The van der Waals surface area contributed by atoms with Gasteiger partial charge in [0, 0.05) is 11.6 Å². The molecule has 0 aliphatic carbocycles. The predicted molar refractivity (Wildman–Crippen MR) is 104 cm³/mol. The smallest absolute Gasteiger partial charge is 0.418 e. The molecular weight excluding hydrogens is 409 g/mol. The van der Waals surface area contributed by atoms with Crippen LogP contribution in [0.25, 0.3) is 0 Å². The van der Waals surface area contributed by atoms with Crippen LogP contribution < -0.4 is 10.1 Å². The molecule has 0 fully saturated rings. The lowest BCUT2D eigenvalue weighted by atomic mass is 10.1. The van der Waals surface area contributed by atoms with Gasteiger partial charge >= 0.3 is 6.18 Å². The fourth-order valence-corrected chi connectivity index (χ4v) is 2.70. The summed E-state index contributed by atoms with van der Waals surface area (Å²) in [5.74, 6) is -0.785. The molecule has 2 rings (SSSR count). The number of hydrogen-bond acceptors (Lipinski definition) is 3. The SMILES string of the molecule is CCN(CC(=O)Nc1ccccc1C(F)(F)F)C(=O)C(C)Oc1ccc(Cl)cc1. The van der Waals surface area contributed by atoms with Crippen LogP contribution in [0.5, 0.6) is 5.75 Å². The van der Waals surface area contributed by atoms with Gasteiger partial charge < -0.3 is 15.0 Å². The maximum absolute atomic E-state index is 13.1. The van der Waals surface area contributed by atoms with Crippen LogP contribution in [0.2, 0.25) is 5.02 Å². The largest absolute Gasteiger partial charge is 0.481 e. The number of ether oxygens (including phenoxy) is 1. The minimum Gasteiger partial charge on any atom is -0.481 e. The van der Waals surface area contributed by atoms with Crippen LogP contribution >= 0.6 is 11.6 Å². The molecular formula is C20H20ClF3N2O3. The summed E-state index contributed by atoms with van der Waals surface area (Å²) in [6.45, 7) is 2.96. The minimum atomic E-state index is -4.61. The van der Waals surface area contributed by atoms with Crippen LogP contribution in [0, 0.1) is 0 Å². The van der Waals surface area contributed by atoms with E-state index in [9.17, 15) is 22.8 Å². The molecule has 1 N–H and O–H groups in total. The summed E-state index contributed by atoms with van der Waals surface area (Å²) in [4.78, 5) is 26.0. The molecule has 156 valence electrons. The van der Waals surface area contributed by atoms with E-state index < -0.39 is 36.2 Å². The molecule has 0 bridgehead atoms. The molecule has 1 atom stereocenters. The van der Waals surface area contributed by atoms with Gasteiger partial charge in [-0.3, -0.25) is 9.59 Å². The number of likely N-dealkylation sites (N-methyl/N-ethyl adjacent to an activating group) is 1. The standard InChI is InChI=1S/C20H20ClF3N2O3/c1-3-26(19(28)13(2)29-15-10-8-14(21)9-11-15)12-18(27)25-17-7-5-4-6-16(17)20(22,23)24/h4-11,13H,3,12H2,1-2H3,(H,25,27). The van der Waals surface area contributed by atoms with Gasteiger partial charge in [-0.05, 0) is 50.2 Å². The number of para-hydroxylation sites is 1. The van der Waals surface area contributed by atoms with Crippen LogP contribution in [-0.2, 0) is 15.8 Å². The van der Waals surface area contributed by atoms with Gasteiger partial charge in [-0.1, -0.05) is 23.7 Å². The second kappa shape index (κ2) is 9.65. The zero-order chi connectivity index (χ0) is 21.6. The average molecular weight is 429 g/mol. The Morgan fingerprint density at radius 1 is 1.14 bits per heavy atom. The average Bonchev–Trinajstić information content (AvgIpc) is 2.67. The van der Waals surface area contributed by atoms with Crippen molar-refractivity contribution in [2.75, 3.05) is 18.4 Å². The third-order valence-electron chi connectivity index (χ3n) is 4.01. The number of nitrogens with one attached hydrogen (secondary N) is 1. The van der Waals surface area contributed by atoms with E-state index in [-0.39, 0.29) is 12.2 Å². The van der Waals surface area contributed by atoms with E-state index in [1.807, 2.05) is 0 Å². The van der Waals surface area contributed by atoms with Gasteiger partial charge in [0.1, 0.15) is 5.75 Å². The van der Waals surface area contributed by atoms with Crippen molar-refractivity contribution in [3.63, 3.8) is 0 Å². The van der Waals surface area contributed by atoms with Gasteiger partial charge in [-0.15, -0.1) is 0 Å². The monoisotopic (exact) mass is 428 g/mol. The van der Waals surface area contributed by atoms with E-state index in [2.05, 4.69) is 5.32 Å². The van der Waals surface area contributed by atoms with Gasteiger partial charge in [-0.25, -0.2) is 0 Å². The Hall–Kier alpha value is -2.74. The first-order valence-corrected chi connectivity index (χ1v) is 9.16. The van der Waals surface area contributed by atoms with E-state index >= 15 is 0 Å². The van der Waals surface area contributed by atoms with Crippen molar-refractivity contribution in [1.82, 2.24) is 4.90 Å². The summed E-state index contributed by atoms with van der Waals surface area (Å²) in [5, 5.41) is 2.74. The Balaban J connectivity index is 2.02. The summed E-state index contributed by atoms with van der Waals surface area (Å²) in [6, 6.07) is 11.1. The molecule has 0 saturated heterocycles. The first-order valence-electron chi connectivity index (χ1n) is 8.79. The summed E-state index contributed by atoms with van der Waals surface area (Å²) in [6.07, 6.45) is -5.50. The third kappa shape index (κ3) is 6.39. The molecule has 2 amide bonds. The zero-order valence-corrected chi connectivity index (χ0v) is 16.6. The lowest BCUT2D eigenvalue weighted by Crippen LogP contribution is -2.44. The normalized spacial score (nSPS) is 12.2. The quantitative estimate of drug-likeness (QED) is 0.700. The first-order chi connectivity index (χ1) is 13.6. The van der Waals surface area contributed by atoms with Gasteiger partial charge in [0.05, 0.1) is 17.8 Å². The highest BCUT2D eigenvalue weighted by Gasteiger charge is 2.33. The number of alkyl halides is 3.